The minimum absolute atomic E-state index is 0.206. The molecule has 0 heterocycles. The lowest BCUT2D eigenvalue weighted by Gasteiger charge is -2.33. The molecule has 2 atom stereocenters. The molecular weight excluding hydrogens is 561 g/mol. The van der Waals surface area contributed by atoms with Crippen LogP contribution in [0.1, 0.15) is 65.8 Å². The number of benzene rings is 2. The van der Waals surface area contributed by atoms with Crippen molar-refractivity contribution in [1.29, 1.82) is 0 Å². The average Bonchev–Trinajstić information content (AvgIpc) is 2.92. The molecule has 0 radical (unpaired) electrons. The van der Waals surface area contributed by atoms with Gasteiger partial charge in [-0.05, 0) is 75.4 Å². The summed E-state index contributed by atoms with van der Waals surface area (Å²) in [6, 6.07) is 8.70. The van der Waals surface area contributed by atoms with Gasteiger partial charge in [0.15, 0.2) is 0 Å². The van der Waals surface area contributed by atoms with Crippen molar-refractivity contribution >= 4 is 41.3 Å². The van der Waals surface area contributed by atoms with E-state index in [1.807, 2.05) is 18.4 Å². The van der Waals surface area contributed by atoms with Gasteiger partial charge in [-0.15, -0.1) is 11.8 Å². The van der Waals surface area contributed by atoms with E-state index in [-0.39, 0.29) is 23.7 Å². The van der Waals surface area contributed by atoms with Gasteiger partial charge in [0.1, 0.15) is 0 Å². The number of halogens is 3. The fourth-order valence-corrected chi connectivity index (χ4v) is 4.76. The van der Waals surface area contributed by atoms with Gasteiger partial charge >= 0.3 is 12.3 Å². The third-order valence-electron chi connectivity index (χ3n) is 6.36. The summed E-state index contributed by atoms with van der Waals surface area (Å²) < 4.78 is 44.9. The molecular formula is C28H33F3N4O5S. The van der Waals surface area contributed by atoms with Gasteiger partial charge in [-0.3, -0.25) is 19.7 Å². The number of alkyl halides is 3. The monoisotopic (exact) mass is 594 g/mol. The van der Waals surface area contributed by atoms with E-state index in [1.165, 1.54) is 0 Å². The molecule has 9 nitrogen and oxygen atoms in total. The van der Waals surface area contributed by atoms with Gasteiger partial charge in [-0.2, -0.15) is 13.2 Å². The lowest BCUT2D eigenvalue weighted by Crippen LogP contribution is -2.54. The molecule has 0 saturated heterocycles. The Balaban J connectivity index is 1.64. The van der Waals surface area contributed by atoms with Gasteiger partial charge in [-0.25, -0.2) is 4.79 Å². The summed E-state index contributed by atoms with van der Waals surface area (Å²) in [5, 5.41) is 10.4. The molecule has 4 amide bonds. The number of nitrogens with one attached hydrogen (secondary N) is 4. The Hall–Kier alpha value is -3.74. The lowest BCUT2D eigenvalue weighted by atomic mass is 9.90. The van der Waals surface area contributed by atoms with E-state index in [0.29, 0.717) is 24.5 Å². The van der Waals surface area contributed by atoms with Crippen LogP contribution in [-0.4, -0.2) is 54.8 Å². The van der Waals surface area contributed by atoms with Gasteiger partial charge in [0.05, 0.1) is 29.5 Å². The molecule has 222 valence electrons. The van der Waals surface area contributed by atoms with E-state index >= 15 is 0 Å². The molecule has 1 fully saturated rings. The molecule has 2 aromatic carbocycles. The number of rotatable bonds is 9. The zero-order valence-corrected chi connectivity index (χ0v) is 23.7. The zero-order chi connectivity index (χ0) is 30.2. The number of carbonyl (C=O) groups is 4. The Kier molecular flexibility index (Phi) is 11.0. The zero-order valence-electron chi connectivity index (χ0n) is 22.9. The summed E-state index contributed by atoms with van der Waals surface area (Å²) in [5.74, 6) is -1.83. The van der Waals surface area contributed by atoms with Crippen LogP contribution in [0.3, 0.4) is 0 Å². The lowest BCUT2D eigenvalue weighted by molar-refractivity contribution is -0.137. The second-order valence-corrected chi connectivity index (χ2v) is 10.7. The SMILES string of the molecule is CSc1ccc(C(=O)N[C@H]2CCCC[C@H]2NC(=O)CNC(=O)c2cc(C(F)(F)F)ccc2NC(=O)OC(C)C)cc1. The van der Waals surface area contributed by atoms with Crippen molar-refractivity contribution in [2.75, 3.05) is 18.1 Å². The predicted molar refractivity (Wildman–Crippen MR) is 149 cm³/mol. The molecule has 1 aliphatic rings. The number of amides is 4. The Morgan fingerprint density at radius 1 is 0.951 bits per heavy atom. The molecule has 1 saturated carbocycles. The fourth-order valence-electron chi connectivity index (χ4n) is 4.36. The normalized spacial score (nSPS) is 17.0. The minimum atomic E-state index is -4.74. The van der Waals surface area contributed by atoms with Crippen LogP contribution in [-0.2, 0) is 15.7 Å². The summed E-state index contributed by atoms with van der Waals surface area (Å²) in [6.07, 6.45) is -1.29. The average molecular weight is 595 g/mol. The second kappa shape index (κ2) is 14.2. The van der Waals surface area contributed by atoms with E-state index in [9.17, 15) is 32.3 Å². The van der Waals surface area contributed by atoms with Crippen molar-refractivity contribution in [3.63, 3.8) is 0 Å². The molecule has 13 heteroatoms. The van der Waals surface area contributed by atoms with Crippen LogP contribution in [0.4, 0.5) is 23.7 Å². The highest BCUT2D eigenvalue weighted by molar-refractivity contribution is 7.98. The maximum absolute atomic E-state index is 13.3. The van der Waals surface area contributed by atoms with Crippen LogP contribution < -0.4 is 21.3 Å². The van der Waals surface area contributed by atoms with Gasteiger partial charge in [0, 0.05) is 22.5 Å². The summed E-state index contributed by atoms with van der Waals surface area (Å²) >= 11 is 1.56. The van der Waals surface area contributed by atoms with Crippen LogP contribution in [0.15, 0.2) is 47.4 Å². The molecule has 41 heavy (non-hydrogen) atoms. The minimum Gasteiger partial charge on any atom is -0.447 e. The van der Waals surface area contributed by atoms with Gasteiger partial charge in [0.2, 0.25) is 5.91 Å². The quantitative estimate of drug-likeness (QED) is 0.304. The standard InChI is InChI=1S/C28H33F3N4O5S/c1-16(2)40-27(39)35-21-13-10-18(28(29,30)31)14-20(21)26(38)32-15-24(36)33-22-6-4-5-7-23(22)34-25(37)17-8-11-19(41-3)12-9-17/h8-14,16,22-23H,4-7,15H2,1-3H3,(H,32,38)(H,33,36)(H,34,37)(H,35,39)/t22-,23+/m1/s1. The third-order valence-corrected chi connectivity index (χ3v) is 7.11. The fraction of sp³-hybridized carbons (Fsp3) is 0.429. The molecule has 4 N–H and O–H groups in total. The van der Waals surface area contributed by atoms with Crippen molar-refractivity contribution in [1.82, 2.24) is 16.0 Å². The van der Waals surface area contributed by atoms with E-state index < -0.39 is 47.9 Å². The molecule has 2 aromatic rings. The van der Waals surface area contributed by atoms with Crippen molar-refractivity contribution < 1.29 is 37.1 Å². The van der Waals surface area contributed by atoms with E-state index in [2.05, 4.69) is 21.3 Å². The van der Waals surface area contributed by atoms with Crippen LogP contribution in [0.2, 0.25) is 0 Å². The van der Waals surface area contributed by atoms with Crippen molar-refractivity contribution in [2.24, 2.45) is 0 Å². The molecule has 0 bridgehead atoms. The van der Waals surface area contributed by atoms with E-state index in [0.717, 1.165) is 29.9 Å². The Morgan fingerprint density at radius 2 is 1.59 bits per heavy atom. The number of anilines is 1. The summed E-state index contributed by atoms with van der Waals surface area (Å²) in [6.45, 7) is 2.64. The number of ether oxygens (including phenoxy) is 1. The maximum Gasteiger partial charge on any atom is 0.416 e. The van der Waals surface area contributed by atoms with Gasteiger partial charge in [0.25, 0.3) is 11.8 Å². The Bertz CT molecular complexity index is 1250. The first kappa shape index (κ1) is 31.8. The largest absolute Gasteiger partial charge is 0.447 e. The van der Waals surface area contributed by atoms with Crippen molar-refractivity contribution in [3.8, 4) is 0 Å². The number of carbonyl (C=O) groups excluding carboxylic acids is 4. The number of hydrogen-bond donors (Lipinski definition) is 4. The van der Waals surface area contributed by atoms with Crippen LogP contribution in [0, 0.1) is 0 Å². The second-order valence-electron chi connectivity index (χ2n) is 9.79. The highest BCUT2D eigenvalue weighted by atomic mass is 32.2. The highest BCUT2D eigenvalue weighted by Gasteiger charge is 2.32. The molecule has 0 aliphatic heterocycles. The molecule has 0 aromatic heterocycles. The smallest absolute Gasteiger partial charge is 0.416 e. The first-order valence-corrected chi connectivity index (χ1v) is 14.3. The van der Waals surface area contributed by atoms with Gasteiger partial charge < -0.3 is 20.7 Å². The number of hydrogen-bond acceptors (Lipinski definition) is 6. The first-order valence-electron chi connectivity index (χ1n) is 13.1. The van der Waals surface area contributed by atoms with Crippen LogP contribution in [0.5, 0.6) is 0 Å². The van der Waals surface area contributed by atoms with E-state index in [1.54, 1.807) is 37.7 Å². The summed E-state index contributed by atoms with van der Waals surface area (Å²) in [4.78, 5) is 51.4. The molecule has 3 rings (SSSR count). The summed E-state index contributed by atoms with van der Waals surface area (Å²) in [5.41, 5.74) is -1.29. The highest BCUT2D eigenvalue weighted by Crippen LogP contribution is 2.32. The summed E-state index contributed by atoms with van der Waals surface area (Å²) in [7, 11) is 0. The topological polar surface area (TPSA) is 126 Å². The Morgan fingerprint density at radius 3 is 2.17 bits per heavy atom. The van der Waals surface area contributed by atoms with Gasteiger partial charge in [-0.1, -0.05) is 12.8 Å². The predicted octanol–water partition coefficient (Wildman–Crippen LogP) is 4.97. The van der Waals surface area contributed by atoms with Crippen LogP contribution >= 0.6 is 11.8 Å². The van der Waals surface area contributed by atoms with E-state index in [4.69, 9.17) is 4.74 Å². The molecule has 1 aliphatic carbocycles. The van der Waals surface area contributed by atoms with Crippen LogP contribution in [0.25, 0.3) is 0 Å². The molecule has 0 spiro atoms. The van der Waals surface area contributed by atoms with Crippen molar-refractivity contribution in [2.45, 2.75) is 68.8 Å². The number of thioether (sulfide) groups is 1. The first-order chi connectivity index (χ1) is 19.4. The Labute approximate surface area is 240 Å². The third kappa shape index (κ3) is 9.41. The molecule has 0 unspecified atom stereocenters. The maximum atomic E-state index is 13.3. The van der Waals surface area contributed by atoms with Crippen molar-refractivity contribution in [3.05, 3.63) is 59.2 Å².